The number of benzene rings is 3. The number of rotatable bonds is 4. The molecule has 7 aromatic rings. The Balaban J connectivity index is 1.36. The smallest absolute Gasteiger partial charge is 0.220 e. The Morgan fingerprint density at radius 2 is 1.34 bits per heavy atom. The molecule has 5 nitrogen and oxygen atoms in total. The van der Waals surface area contributed by atoms with Crippen LogP contribution in [0.3, 0.4) is 0 Å². The maximum absolute atomic E-state index is 6.51. The largest absolute Gasteiger partial charge is 0.455 e. The molecule has 0 saturated carbocycles. The predicted octanol–water partition coefficient (Wildman–Crippen LogP) is 10.3. The van der Waals surface area contributed by atoms with E-state index in [9.17, 15) is 0 Å². The van der Waals surface area contributed by atoms with Gasteiger partial charge in [-0.2, -0.15) is 0 Å². The van der Waals surface area contributed by atoms with E-state index in [0.29, 0.717) is 17.2 Å². The van der Waals surface area contributed by atoms with Crippen molar-refractivity contribution in [3.8, 4) is 34.1 Å². The molecule has 0 bridgehead atoms. The van der Waals surface area contributed by atoms with Gasteiger partial charge in [-0.3, -0.25) is 4.98 Å². The number of hydrogen-bond acceptors (Lipinski definition) is 5. The van der Waals surface area contributed by atoms with Crippen LogP contribution in [0.25, 0.3) is 55.6 Å². The summed E-state index contributed by atoms with van der Waals surface area (Å²) in [6, 6.07) is 26.4. The van der Waals surface area contributed by atoms with Crippen molar-refractivity contribution in [2.75, 3.05) is 0 Å². The van der Waals surface area contributed by atoms with Gasteiger partial charge >= 0.3 is 0 Å². The van der Waals surface area contributed by atoms with Crippen LogP contribution >= 0.6 is 0 Å². The topological polar surface area (TPSA) is 61.3 Å². The standard InChI is InChI=1S/C36H32N2O3/c1-35(2,3)22-11-7-10-21(18-22)24-19-29(34-32-31-27(40-33(24)32)13-9-14-28(31)41-34)39-30-15-8-12-26(38-30)25-17-16-23(20-37-25)36(4,5)6/h7-20H,1-6H3. The second-order valence-electron chi connectivity index (χ2n) is 12.8. The Kier molecular flexibility index (Phi) is 5.52. The zero-order valence-electron chi connectivity index (χ0n) is 24.2. The molecule has 5 heteroatoms. The summed E-state index contributed by atoms with van der Waals surface area (Å²) < 4.78 is 19.3. The van der Waals surface area contributed by atoms with Crippen LogP contribution in [-0.4, -0.2) is 9.97 Å². The lowest BCUT2D eigenvalue weighted by atomic mass is 9.85. The molecule has 4 aromatic heterocycles. The molecule has 0 N–H and O–H groups in total. The second-order valence-corrected chi connectivity index (χ2v) is 12.8. The summed E-state index contributed by atoms with van der Waals surface area (Å²) in [5.41, 5.74) is 9.03. The molecule has 0 aliphatic heterocycles. The normalized spacial score (nSPS) is 12.6. The van der Waals surface area contributed by atoms with Crippen LogP contribution in [-0.2, 0) is 10.8 Å². The minimum absolute atomic E-state index is 0.00991. The fraction of sp³-hybridized carbons (Fsp3) is 0.222. The van der Waals surface area contributed by atoms with Crippen molar-refractivity contribution in [3.05, 3.63) is 96.2 Å². The first-order valence-electron chi connectivity index (χ1n) is 14.0. The van der Waals surface area contributed by atoms with Gasteiger partial charge in [-0.05, 0) is 57.9 Å². The van der Waals surface area contributed by atoms with Crippen LogP contribution in [0.2, 0.25) is 0 Å². The molecule has 0 spiro atoms. The lowest BCUT2D eigenvalue weighted by Gasteiger charge is -2.20. The summed E-state index contributed by atoms with van der Waals surface area (Å²) in [4.78, 5) is 9.51. The highest BCUT2D eigenvalue weighted by molar-refractivity contribution is 6.24. The Morgan fingerprint density at radius 3 is 2.05 bits per heavy atom. The third-order valence-corrected chi connectivity index (χ3v) is 7.73. The maximum atomic E-state index is 6.51. The molecule has 0 fully saturated rings. The van der Waals surface area contributed by atoms with Crippen molar-refractivity contribution >= 4 is 33.1 Å². The highest BCUT2D eigenvalue weighted by atomic mass is 16.5. The third-order valence-electron chi connectivity index (χ3n) is 7.73. The van der Waals surface area contributed by atoms with Gasteiger partial charge in [0.15, 0.2) is 11.3 Å². The molecule has 0 aliphatic carbocycles. The molecule has 0 radical (unpaired) electrons. The molecule has 0 amide bonds. The average molecular weight is 541 g/mol. The first-order valence-corrected chi connectivity index (χ1v) is 14.0. The van der Waals surface area contributed by atoms with E-state index in [2.05, 4.69) is 76.9 Å². The van der Waals surface area contributed by atoms with E-state index in [4.69, 9.17) is 18.6 Å². The van der Waals surface area contributed by atoms with E-state index in [1.54, 1.807) is 0 Å². The number of furan rings is 2. The van der Waals surface area contributed by atoms with E-state index in [1.807, 2.05) is 54.7 Å². The molecule has 0 atom stereocenters. The zero-order valence-corrected chi connectivity index (χ0v) is 24.2. The quantitative estimate of drug-likeness (QED) is 0.222. The first kappa shape index (κ1) is 25.3. The van der Waals surface area contributed by atoms with Gasteiger partial charge in [-0.1, -0.05) is 84.0 Å². The lowest BCUT2D eigenvalue weighted by molar-refractivity contribution is 0.458. The fourth-order valence-electron chi connectivity index (χ4n) is 5.36. The highest BCUT2D eigenvalue weighted by Crippen LogP contribution is 2.48. The van der Waals surface area contributed by atoms with Gasteiger partial charge in [0.25, 0.3) is 0 Å². The van der Waals surface area contributed by atoms with Gasteiger partial charge in [0.1, 0.15) is 16.7 Å². The summed E-state index contributed by atoms with van der Waals surface area (Å²) in [5.74, 6) is 1.06. The fourth-order valence-corrected chi connectivity index (χ4v) is 5.36. The van der Waals surface area contributed by atoms with Crippen LogP contribution < -0.4 is 4.74 Å². The number of ether oxygens (including phenoxy) is 1. The second kappa shape index (κ2) is 8.93. The van der Waals surface area contributed by atoms with Gasteiger partial charge in [0.05, 0.1) is 22.2 Å². The number of nitrogens with zero attached hydrogens (tertiary/aromatic N) is 2. The van der Waals surface area contributed by atoms with Gasteiger partial charge < -0.3 is 13.6 Å². The van der Waals surface area contributed by atoms with Crippen molar-refractivity contribution in [2.45, 2.75) is 52.4 Å². The summed E-state index contributed by atoms with van der Waals surface area (Å²) >= 11 is 0. The molecule has 4 heterocycles. The number of pyridine rings is 2. The van der Waals surface area contributed by atoms with Crippen LogP contribution in [0, 0.1) is 0 Å². The van der Waals surface area contributed by atoms with Crippen LogP contribution in [0.4, 0.5) is 0 Å². The lowest BCUT2D eigenvalue weighted by Crippen LogP contribution is -2.11. The van der Waals surface area contributed by atoms with Gasteiger partial charge in [0, 0.05) is 17.8 Å². The van der Waals surface area contributed by atoms with Crippen molar-refractivity contribution < 1.29 is 13.6 Å². The van der Waals surface area contributed by atoms with Gasteiger partial charge in [0.2, 0.25) is 5.88 Å². The number of aromatic nitrogens is 2. The Hall–Kier alpha value is -4.64. The summed E-state index contributed by atoms with van der Waals surface area (Å²) in [6.45, 7) is 13.2. The van der Waals surface area contributed by atoms with Crippen molar-refractivity contribution in [3.63, 3.8) is 0 Å². The molecule has 0 aliphatic rings. The average Bonchev–Trinajstić information content (AvgIpc) is 3.54. The molecular weight excluding hydrogens is 508 g/mol. The number of hydrogen-bond donors (Lipinski definition) is 0. The van der Waals surface area contributed by atoms with E-state index < -0.39 is 0 Å². The molecule has 7 rings (SSSR count). The Bertz CT molecular complexity index is 2030. The van der Waals surface area contributed by atoms with Crippen LogP contribution in [0.5, 0.6) is 11.6 Å². The SMILES string of the molecule is CC(C)(C)c1ccc(-c2cccc(Oc3cc(-c4cccc(C(C)(C)C)c4)c4oc5cccc6oc3c4c65)n2)nc1. The molecule has 0 unspecified atom stereocenters. The van der Waals surface area contributed by atoms with E-state index in [-0.39, 0.29) is 10.8 Å². The van der Waals surface area contributed by atoms with E-state index in [0.717, 1.165) is 50.0 Å². The predicted molar refractivity (Wildman–Crippen MR) is 165 cm³/mol. The Labute approximate surface area is 239 Å². The molecular formula is C36H32N2O3. The summed E-state index contributed by atoms with van der Waals surface area (Å²) in [6.07, 6.45) is 1.92. The van der Waals surface area contributed by atoms with Crippen molar-refractivity contribution in [1.29, 1.82) is 0 Å². The zero-order chi connectivity index (χ0) is 28.5. The minimum Gasteiger partial charge on any atom is -0.455 e. The van der Waals surface area contributed by atoms with Gasteiger partial charge in [-0.15, -0.1) is 0 Å². The summed E-state index contributed by atoms with van der Waals surface area (Å²) in [7, 11) is 0. The minimum atomic E-state index is 0.00991. The molecule has 0 saturated heterocycles. The summed E-state index contributed by atoms with van der Waals surface area (Å²) in [5, 5.41) is 1.90. The first-order chi connectivity index (χ1) is 19.6. The third kappa shape index (κ3) is 4.33. The molecule has 204 valence electrons. The Morgan fingerprint density at radius 1 is 0.634 bits per heavy atom. The van der Waals surface area contributed by atoms with E-state index >= 15 is 0 Å². The maximum Gasteiger partial charge on any atom is 0.220 e. The monoisotopic (exact) mass is 540 g/mol. The molecule has 3 aromatic carbocycles. The van der Waals surface area contributed by atoms with Crippen LogP contribution in [0.1, 0.15) is 52.7 Å². The van der Waals surface area contributed by atoms with E-state index in [1.165, 1.54) is 11.1 Å². The van der Waals surface area contributed by atoms with Crippen molar-refractivity contribution in [1.82, 2.24) is 9.97 Å². The van der Waals surface area contributed by atoms with Crippen molar-refractivity contribution in [2.24, 2.45) is 0 Å². The highest BCUT2D eigenvalue weighted by Gasteiger charge is 2.26. The van der Waals surface area contributed by atoms with Crippen LogP contribution in [0.15, 0.2) is 93.9 Å². The van der Waals surface area contributed by atoms with Gasteiger partial charge in [-0.25, -0.2) is 4.98 Å². The molecule has 41 heavy (non-hydrogen) atoms.